The summed E-state index contributed by atoms with van der Waals surface area (Å²) in [4.78, 5) is 4.06. The molecule has 0 aliphatic carbocycles. The smallest absolute Gasteiger partial charge is 0.151 e. The molecular formula is C14H20N4OS. The van der Waals surface area contributed by atoms with E-state index in [1.54, 1.807) is 30.8 Å². The number of nitrogens with zero attached hydrogens (tertiary/aromatic N) is 3. The second-order valence-electron chi connectivity index (χ2n) is 4.44. The van der Waals surface area contributed by atoms with E-state index in [9.17, 15) is 0 Å². The number of rotatable bonds is 7. The number of hydrogen-bond donors (Lipinski definition) is 1. The van der Waals surface area contributed by atoms with E-state index in [2.05, 4.69) is 34.3 Å². The molecule has 1 unspecified atom stereocenters. The number of hydrogen-bond acceptors (Lipinski definition) is 6. The zero-order valence-corrected chi connectivity index (χ0v) is 12.9. The van der Waals surface area contributed by atoms with Gasteiger partial charge < -0.3 is 10.1 Å². The minimum atomic E-state index is 0.272. The molecular weight excluding hydrogens is 272 g/mol. The third kappa shape index (κ3) is 3.32. The summed E-state index contributed by atoms with van der Waals surface area (Å²) >= 11 is 1.61. The Morgan fingerprint density at radius 1 is 1.35 bits per heavy atom. The Balaban J connectivity index is 2.23. The second kappa shape index (κ2) is 7.31. The molecule has 0 aliphatic rings. The maximum Gasteiger partial charge on any atom is 0.151 e. The molecule has 0 aliphatic heterocycles. The van der Waals surface area contributed by atoms with Crippen LogP contribution in [0.15, 0.2) is 18.5 Å². The Labute approximate surface area is 123 Å². The largest absolute Gasteiger partial charge is 0.494 e. The topological polar surface area (TPSA) is 59.9 Å². The molecule has 1 N–H and O–H groups in total. The van der Waals surface area contributed by atoms with E-state index in [4.69, 9.17) is 4.74 Å². The molecule has 0 saturated carbocycles. The Hall–Kier alpha value is -1.53. The first kappa shape index (κ1) is 14.9. The molecule has 108 valence electrons. The lowest BCUT2D eigenvalue weighted by Gasteiger charge is -2.12. The summed E-state index contributed by atoms with van der Waals surface area (Å²) in [5, 5.41) is 14.0. The van der Waals surface area contributed by atoms with Crippen molar-refractivity contribution in [3.63, 3.8) is 0 Å². The molecule has 1 atom stereocenters. The molecule has 5 nitrogen and oxygen atoms in total. The first-order chi connectivity index (χ1) is 9.80. The lowest BCUT2D eigenvalue weighted by molar-refractivity contribution is 0.414. The summed E-state index contributed by atoms with van der Waals surface area (Å²) in [5.41, 5.74) is 0.941. The Kier molecular flexibility index (Phi) is 5.43. The van der Waals surface area contributed by atoms with Gasteiger partial charge in [0.2, 0.25) is 0 Å². The van der Waals surface area contributed by atoms with Crippen LogP contribution in [-0.4, -0.2) is 28.8 Å². The molecule has 0 aromatic carbocycles. The van der Waals surface area contributed by atoms with Crippen molar-refractivity contribution in [1.29, 1.82) is 0 Å². The summed E-state index contributed by atoms with van der Waals surface area (Å²) in [6.07, 6.45) is 5.55. The van der Waals surface area contributed by atoms with Crippen LogP contribution in [0.25, 0.3) is 10.6 Å². The highest BCUT2D eigenvalue weighted by Crippen LogP contribution is 2.33. The van der Waals surface area contributed by atoms with Crippen molar-refractivity contribution < 1.29 is 4.74 Å². The number of ether oxygens (including phenoxy) is 1. The van der Waals surface area contributed by atoms with Crippen LogP contribution in [0.4, 0.5) is 0 Å². The zero-order chi connectivity index (χ0) is 14.4. The maximum atomic E-state index is 5.32. The van der Waals surface area contributed by atoms with Crippen LogP contribution in [0.1, 0.15) is 37.7 Å². The van der Waals surface area contributed by atoms with Crippen LogP contribution in [0.2, 0.25) is 0 Å². The van der Waals surface area contributed by atoms with Gasteiger partial charge in [-0.05, 0) is 25.5 Å². The Bertz CT molecular complexity index is 543. The average molecular weight is 292 g/mol. The van der Waals surface area contributed by atoms with Gasteiger partial charge in [-0.1, -0.05) is 25.2 Å². The molecule has 2 rings (SSSR count). The van der Waals surface area contributed by atoms with Gasteiger partial charge in [0, 0.05) is 6.20 Å². The molecule has 0 bridgehead atoms. The number of aromatic nitrogens is 3. The van der Waals surface area contributed by atoms with Crippen molar-refractivity contribution in [3.05, 3.63) is 23.5 Å². The van der Waals surface area contributed by atoms with Crippen molar-refractivity contribution in [3.8, 4) is 16.3 Å². The summed E-state index contributed by atoms with van der Waals surface area (Å²) in [6, 6.07) is 2.18. The van der Waals surface area contributed by atoms with Gasteiger partial charge in [-0.25, -0.2) is 0 Å². The first-order valence-corrected chi connectivity index (χ1v) is 7.66. The predicted molar refractivity (Wildman–Crippen MR) is 81.0 cm³/mol. The summed E-state index contributed by atoms with van der Waals surface area (Å²) < 4.78 is 5.32. The van der Waals surface area contributed by atoms with Gasteiger partial charge in [0.05, 0.1) is 24.9 Å². The monoisotopic (exact) mass is 292 g/mol. The molecule has 0 radical (unpaired) electrons. The van der Waals surface area contributed by atoms with Gasteiger partial charge in [-0.15, -0.1) is 10.2 Å². The third-order valence-corrected chi connectivity index (χ3v) is 4.09. The summed E-state index contributed by atoms with van der Waals surface area (Å²) in [5.74, 6) is 0.727. The second-order valence-corrected chi connectivity index (χ2v) is 5.45. The van der Waals surface area contributed by atoms with E-state index >= 15 is 0 Å². The fraction of sp³-hybridized carbons (Fsp3) is 0.500. The predicted octanol–water partition coefficient (Wildman–Crippen LogP) is 3.06. The summed E-state index contributed by atoms with van der Waals surface area (Å²) in [6.45, 7) is 5.31. The van der Waals surface area contributed by atoms with Crippen molar-refractivity contribution in [1.82, 2.24) is 20.5 Å². The van der Waals surface area contributed by atoms with Crippen LogP contribution in [0, 0.1) is 0 Å². The van der Waals surface area contributed by atoms with Gasteiger partial charge in [-0.2, -0.15) is 0 Å². The Morgan fingerprint density at radius 2 is 2.20 bits per heavy atom. The third-order valence-electron chi connectivity index (χ3n) is 3.02. The van der Waals surface area contributed by atoms with Crippen LogP contribution in [0.5, 0.6) is 5.75 Å². The highest BCUT2D eigenvalue weighted by atomic mass is 32.1. The molecule has 2 aromatic heterocycles. The molecule has 6 heteroatoms. The molecule has 20 heavy (non-hydrogen) atoms. The van der Waals surface area contributed by atoms with E-state index in [0.717, 1.165) is 40.7 Å². The van der Waals surface area contributed by atoms with Gasteiger partial charge in [0.15, 0.2) is 5.01 Å². The van der Waals surface area contributed by atoms with Crippen molar-refractivity contribution in [2.75, 3.05) is 13.7 Å². The van der Waals surface area contributed by atoms with Gasteiger partial charge in [-0.3, -0.25) is 4.98 Å². The molecule has 0 fully saturated rings. The van der Waals surface area contributed by atoms with Gasteiger partial charge in [0.25, 0.3) is 0 Å². The van der Waals surface area contributed by atoms with Gasteiger partial charge in [0.1, 0.15) is 10.8 Å². The molecule has 2 aromatic rings. The fourth-order valence-corrected chi connectivity index (χ4v) is 2.96. The number of methoxy groups -OCH3 is 1. The molecule has 0 spiro atoms. The highest BCUT2D eigenvalue weighted by molar-refractivity contribution is 7.14. The lowest BCUT2D eigenvalue weighted by atomic mass is 10.2. The van der Waals surface area contributed by atoms with Gasteiger partial charge >= 0.3 is 0 Å². The minimum Gasteiger partial charge on any atom is -0.494 e. The van der Waals surface area contributed by atoms with E-state index < -0.39 is 0 Å². The van der Waals surface area contributed by atoms with Crippen LogP contribution < -0.4 is 10.1 Å². The van der Waals surface area contributed by atoms with Crippen molar-refractivity contribution in [2.24, 2.45) is 0 Å². The quantitative estimate of drug-likeness (QED) is 0.850. The zero-order valence-electron chi connectivity index (χ0n) is 12.1. The maximum absolute atomic E-state index is 5.32. The average Bonchev–Trinajstić information content (AvgIpc) is 2.97. The summed E-state index contributed by atoms with van der Waals surface area (Å²) in [7, 11) is 1.64. The Morgan fingerprint density at radius 3 is 2.90 bits per heavy atom. The minimum absolute atomic E-state index is 0.272. The first-order valence-electron chi connectivity index (χ1n) is 6.85. The van der Waals surface area contributed by atoms with Crippen molar-refractivity contribution in [2.45, 2.75) is 32.7 Å². The van der Waals surface area contributed by atoms with Crippen molar-refractivity contribution >= 4 is 11.3 Å². The van der Waals surface area contributed by atoms with Crippen LogP contribution in [-0.2, 0) is 0 Å². The number of nitrogens with one attached hydrogen (secondary N) is 1. The molecule has 2 heterocycles. The normalized spacial score (nSPS) is 12.3. The van der Waals surface area contributed by atoms with E-state index in [1.165, 1.54) is 0 Å². The highest BCUT2D eigenvalue weighted by Gasteiger charge is 2.16. The standard InChI is InChI=1S/C14H20N4OS/c1-4-7-16-11(5-2)14-18-17-13(20-14)10-6-8-15-9-12(10)19-3/h6,8-9,11,16H,4-5,7H2,1-3H3. The van der Waals surface area contributed by atoms with Crippen LogP contribution >= 0.6 is 11.3 Å². The molecule has 0 saturated heterocycles. The SMILES string of the molecule is CCCNC(CC)c1nnc(-c2ccncc2OC)s1. The fourth-order valence-electron chi connectivity index (χ4n) is 1.93. The van der Waals surface area contributed by atoms with E-state index in [0.29, 0.717) is 0 Å². The number of pyridine rings is 1. The van der Waals surface area contributed by atoms with Crippen LogP contribution in [0.3, 0.4) is 0 Å². The molecule has 0 amide bonds. The van der Waals surface area contributed by atoms with E-state index in [-0.39, 0.29) is 6.04 Å². The van der Waals surface area contributed by atoms with E-state index in [1.807, 2.05) is 6.07 Å². The lowest BCUT2D eigenvalue weighted by Crippen LogP contribution is -2.21.